The predicted octanol–water partition coefficient (Wildman–Crippen LogP) is -0.169. The normalized spacial score (nSPS) is 13.8. The minimum Gasteiger partial charge on any atom is -0.448 e. The zero-order chi connectivity index (χ0) is 10.5. The Hall–Kier alpha value is -0.810. The molecule has 78 valence electrons. The van der Waals surface area contributed by atoms with E-state index in [1.165, 1.54) is 0 Å². The van der Waals surface area contributed by atoms with Crippen molar-refractivity contribution in [1.82, 2.24) is 5.32 Å². The van der Waals surface area contributed by atoms with Crippen molar-refractivity contribution in [3.63, 3.8) is 0 Å². The molecule has 0 heterocycles. The van der Waals surface area contributed by atoms with Crippen molar-refractivity contribution < 1.29 is 14.6 Å². The molecule has 0 aromatic carbocycles. The van der Waals surface area contributed by atoms with Crippen molar-refractivity contribution in [2.75, 3.05) is 13.2 Å². The molecule has 0 aromatic rings. The highest BCUT2D eigenvalue weighted by Crippen LogP contribution is 2.06. The number of aliphatic hydroxyl groups is 1. The van der Waals surface area contributed by atoms with Crippen LogP contribution in [0.25, 0.3) is 0 Å². The standard InChI is InChI=1S/C8H18N2O3/c1-6(8(2,3)12)10-4-5-13-7(9)11/h6,10,12H,4-5H2,1-3H3,(H2,9,11). The van der Waals surface area contributed by atoms with Crippen molar-refractivity contribution in [1.29, 1.82) is 0 Å². The number of carbonyl (C=O) groups is 1. The molecule has 0 spiro atoms. The first-order chi connectivity index (χ1) is 5.84. The molecule has 0 fully saturated rings. The molecular weight excluding hydrogens is 172 g/mol. The number of amides is 1. The lowest BCUT2D eigenvalue weighted by molar-refractivity contribution is 0.0424. The van der Waals surface area contributed by atoms with Gasteiger partial charge in [-0.1, -0.05) is 0 Å². The highest BCUT2D eigenvalue weighted by Gasteiger charge is 2.21. The van der Waals surface area contributed by atoms with E-state index in [1.54, 1.807) is 13.8 Å². The summed E-state index contributed by atoms with van der Waals surface area (Å²) in [6, 6.07) is -0.0658. The topological polar surface area (TPSA) is 84.6 Å². The van der Waals surface area contributed by atoms with Gasteiger partial charge in [-0.2, -0.15) is 0 Å². The summed E-state index contributed by atoms with van der Waals surface area (Å²) < 4.78 is 4.50. The van der Waals surface area contributed by atoms with E-state index in [4.69, 9.17) is 5.73 Å². The molecule has 1 amide bonds. The van der Waals surface area contributed by atoms with E-state index in [2.05, 4.69) is 10.1 Å². The highest BCUT2D eigenvalue weighted by atomic mass is 16.5. The minimum absolute atomic E-state index is 0.0658. The van der Waals surface area contributed by atoms with Crippen LogP contribution in [0.5, 0.6) is 0 Å². The molecule has 1 atom stereocenters. The second kappa shape index (κ2) is 5.04. The smallest absolute Gasteiger partial charge is 0.404 e. The zero-order valence-electron chi connectivity index (χ0n) is 8.33. The van der Waals surface area contributed by atoms with E-state index in [1.807, 2.05) is 6.92 Å². The zero-order valence-corrected chi connectivity index (χ0v) is 8.33. The number of hydrogen-bond donors (Lipinski definition) is 3. The van der Waals surface area contributed by atoms with Gasteiger partial charge in [0.2, 0.25) is 0 Å². The Morgan fingerprint density at radius 2 is 2.23 bits per heavy atom. The molecular formula is C8H18N2O3. The number of nitrogens with two attached hydrogens (primary N) is 1. The Balaban J connectivity index is 3.49. The summed E-state index contributed by atoms with van der Waals surface area (Å²) in [5.41, 5.74) is 3.97. The summed E-state index contributed by atoms with van der Waals surface area (Å²) in [5.74, 6) is 0. The lowest BCUT2D eigenvalue weighted by Crippen LogP contribution is -2.45. The van der Waals surface area contributed by atoms with Gasteiger partial charge < -0.3 is 20.9 Å². The first kappa shape index (κ1) is 12.2. The monoisotopic (exact) mass is 190 g/mol. The summed E-state index contributed by atoms with van der Waals surface area (Å²) in [4.78, 5) is 10.2. The Kier molecular flexibility index (Phi) is 4.72. The molecule has 1 unspecified atom stereocenters. The average molecular weight is 190 g/mol. The van der Waals surface area contributed by atoms with Crippen LogP contribution < -0.4 is 11.1 Å². The lowest BCUT2D eigenvalue weighted by Gasteiger charge is -2.26. The van der Waals surface area contributed by atoms with E-state index in [0.717, 1.165) is 0 Å². The van der Waals surface area contributed by atoms with Gasteiger partial charge in [0.05, 0.1) is 5.60 Å². The third-order valence-corrected chi connectivity index (χ3v) is 1.86. The van der Waals surface area contributed by atoms with Gasteiger partial charge in [0.25, 0.3) is 0 Å². The maximum atomic E-state index is 10.2. The number of hydrogen-bond acceptors (Lipinski definition) is 4. The van der Waals surface area contributed by atoms with Gasteiger partial charge in [0.15, 0.2) is 0 Å². The van der Waals surface area contributed by atoms with Gasteiger partial charge in [-0.25, -0.2) is 4.79 Å². The van der Waals surface area contributed by atoms with Gasteiger partial charge in [0.1, 0.15) is 6.61 Å². The van der Waals surface area contributed by atoms with Gasteiger partial charge in [-0.15, -0.1) is 0 Å². The van der Waals surface area contributed by atoms with Crippen molar-refractivity contribution in [3.05, 3.63) is 0 Å². The first-order valence-corrected chi connectivity index (χ1v) is 4.22. The second-order valence-corrected chi connectivity index (χ2v) is 3.50. The molecule has 0 aliphatic heterocycles. The molecule has 0 aliphatic rings. The quantitative estimate of drug-likeness (QED) is 0.525. The molecule has 13 heavy (non-hydrogen) atoms. The van der Waals surface area contributed by atoms with Crippen LogP contribution in [-0.2, 0) is 4.74 Å². The fraction of sp³-hybridized carbons (Fsp3) is 0.875. The molecule has 5 heteroatoms. The van der Waals surface area contributed by atoms with Gasteiger partial charge in [-0.3, -0.25) is 0 Å². The Bertz CT molecular complexity index is 165. The van der Waals surface area contributed by atoms with Crippen LogP contribution in [0.3, 0.4) is 0 Å². The van der Waals surface area contributed by atoms with Crippen LogP contribution in [0, 0.1) is 0 Å². The van der Waals surface area contributed by atoms with Gasteiger partial charge >= 0.3 is 6.09 Å². The molecule has 0 rings (SSSR count). The highest BCUT2D eigenvalue weighted by molar-refractivity contribution is 5.64. The molecule has 0 saturated heterocycles. The largest absolute Gasteiger partial charge is 0.448 e. The van der Waals surface area contributed by atoms with Crippen LogP contribution in [0.4, 0.5) is 4.79 Å². The molecule has 0 radical (unpaired) electrons. The molecule has 0 aliphatic carbocycles. The molecule has 0 saturated carbocycles. The number of ether oxygens (including phenoxy) is 1. The Labute approximate surface area is 78.3 Å². The molecule has 0 bridgehead atoms. The number of nitrogens with one attached hydrogen (secondary N) is 1. The van der Waals surface area contributed by atoms with Crippen LogP contribution in [0.1, 0.15) is 20.8 Å². The molecule has 4 N–H and O–H groups in total. The van der Waals surface area contributed by atoms with Crippen molar-refractivity contribution in [2.45, 2.75) is 32.4 Å². The SMILES string of the molecule is CC(NCCOC(N)=O)C(C)(C)O. The lowest BCUT2D eigenvalue weighted by atomic mass is 10.0. The third kappa shape index (κ3) is 6.36. The number of primary amides is 1. The summed E-state index contributed by atoms with van der Waals surface area (Å²) in [7, 11) is 0. The minimum atomic E-state index is -0.785. The van der Waals surface area contributed by atoms with E-state index >= 15 is 0 Å². The summed E-state index contributed by atoms with van der Waals surface area (Å²) in [6.07, 6.45) is -0.780. The van der Waals surface area contributed by atoms with Crippen molar-refractivity contribution >= 4 is 6.09 Å². The second-order valence-electron chi connectivity index (χ2n) is 3.50. The third-order valence-electron chi connectivity index (χ3n) is 1.86. The summed E-state index contributed by atoms with van der Waals surface area (Å²) in [6.45, 7) is 5.97. The number of carbonyl (C=O) groups excluding carboxylic acids is 1. The van der Waals surface area contributed by atoms with E-state index in [9.17, 15) is 9.90 Å². The average Bonchev–Trinajstić information content (AvgIpc) is 1.95. The molecule has 0 aromatic heterocycles. The van der Waals surface area contributed by atoms with Crippen LogP contribution >= 0.6 is 0 Å². The fourth-order valence-electron chi connectivity index (χ4n) is 0.677. The van der Waals surface area contributed by atoms with Crippen molar-refractivity contribution in [2.24, 2.45) is 5.73 Å². The van der Waals surface area contributed by atoms with Crippen LogP contribution in [0.15, 0.2) is 0 Å². The molecule has 5 nitrogen and oxygen atoms in total. The maximum absolute atomic E-state index is 10.2. The predicted molar refractivity (Wildman–Crippen MR) is 49.3 cm³/mol. The van der Waals surface area contributed by atoms with Crippen LogP contribution in [0.2, 0.25) is 0 Å². The maximum Gasteiger partial charge on any atom is 0.404 e. The summed E-state index contributed by atoms with van der Waals surface area (Å²) >= 11 is 0. The Morgan fingerprint density at radius 1 is 1.69 bits per heavy atom. The van der Waals surface area contributed by atoms with Crippen molar-refractivity contribution in [3.8, 4) is 0 Å². The van der Waals surface area contributed by atoms with E-state index in [-0.39, 0.29) is 12.6 Å². The number of rotatable bonds is 5. The van der Waals surface area contributed by atoms with E-state index in [0.29, 0.717) is 6.54 Å². The first-order valence-electron chi connectivity index (χ1n) is 4.22. The Morgan fingerprint density at radius 3 is 2.62 bits per heavy atom. The van der Waals surface area contributed by atoms with Gasteiger partial charge in [0, 0.05) is 12.6 Å². The van der Waals surface area contributed by atoms with E-state index < -0.39 is 11.7 Å². The fourth-order valence-corrected chi connectivity index (χ4v) is 0.677. The van der Waals surface area contributed by atoms with Crippen LogP contribution in [-0.4, -0.2) is 36.0 Å². The summed E-state index contributed by atoms with van der Waals surface area (Å²) in [5, 5.41) is 12.5. The van der Waals surface area contributed by atoms with Gasteiger partial charge in [-0.05, 0) is 20.8 Å².